The first-order chi connectivity index (χ1) is 11.9. The van der Waals surface area contributed by atoms with Crippen molar-refractivity contribution in [2.75, 3.05) is 20.2 Å². The Kier molecular flexibility index (Phi) is 4.99. The maximum Gasteiger partial charge on any atom is 0.244 e. The van der Waals surface area contributed by atoms with Crippen LogP contribution >= 0.6 is 11.6 Å². The van der Waals surface area contributed by atoms with Gasteiger partial charge in [-0.3, -0.25) is 4.79 Å². The van der Waals surface area contributed by atoms with Gasteiger partial charge in [0.2, 0.25) is 15.9 Å². The van der Waals surface area contributed by atoms with Crippen molar-refractivity contribution < 1.29 is 17.9 Å². The van der Waals surface area contributed by atoms with Crippen molar-refractivity contribution >= 4 is 27.5 Å². The maximum atomic E-state index is 13.0. The second-order valence-electron chi connectivity index (χ2n) is 5.54. The van der Waals surface area contributed by atoms with Crippen molar-refractivity contribution in [3.63, 3.8) is 0 Å². The zero-order chi connectivity index (χ0) is 18.0. The number of amides is 1. The number of halogens is 1. The van der Waals surface area contributed by atoms with Crippen LogP contribution in [0.4, 0.5) is 0 Å². The van der Waals surface area contributed by atoms with Gasteiger partial charge in [-0.2, -0.15) is 4.31 Å². The van der Waals surface area contributed by atoms with E-state index < -0.39 is 16.1 Å². The minimum absolute atomic E-state index is 0.102. The molecule has 3 rings (SSSR count). The van der Waals surface area contributed by atoms with Gasteiger partial charge in [0.15, 0.2) is 0 Å². The Balaban J connectivity index is 2.01. The molecule has 132 valence electrons. The van der Waals surface area contributed by atoms with Gasteiger partial charge >= 0.3 is 0 Å². The first-order valence-electron chi connectivity index (χ1n) is 7.62. The van der Waals surface area contributed by atoms with Gasteiger partial charge in [0.25, 0.3) is 0 Å². The van der Waals surface area contributed by atoms with E-state index in [0.717, 1.165) is 0 Å². The van der Waals surface area contributed by atoms with Crippen LogP contribution in [-0.4, -0.2) is 38.8 Å². The molecular weight excluding hydrogens is 364 g/mol. The smallest absolute Gasteiger partial charge is 0.244 e. The minimum atomic E-state index is -3.84. The van der Waals surface area contributed by atoms with Crippen LogP contribution in [-0.2, 0) is 14.8 Å². The molecule has 6 nitrogen and oxygen atoms in total. The molecule has 8 heteroatoms. The highest BCUT2D eigenvalue weighted by atomic mass is 35.5. The molecule has 1 amide bonds. The number of ether oxygens (including phenoxy) is 1. The number of rotatable bonds is 4. The van der Waals surface area contributed by atoms with E-state index in [1.807, 2.05) is 0 Å². The van der Waals surface area contributed by atoms with Gasteiger partial charge < -0.3 is 10.1 Å². The predicted octanol–water partition coefficient (Wildman–Crippen LogP) is 2.21. The van der Waals surface area contributed by atoms with Crippen LogP contribution in [0.3, 0.4) is 0 Å². The number of hydrogen-bond acceptors (Lipinski definition) is 4. The Morgan fingerprint density at radius 3 is 2.36 bits per heavy atom. The lowest BCUT2D eigenvalue weighted by Crippen LogP contribution is -2.52. The van der Waals surface area contributed by atoms with Crippen LogP contribution in [0.5, 0.6) is 5.75 Å². The Morgan fingerprint density at radius 1 is 1.12 bits per heavy atom. The SMILES string of the molecule is COc1ccc(C2C(=O)NCCN2S(=O)(=O)c2ccc(Cl)cc2)cc1. The minimum Gasteiger partial charge on any atom is -0.497 e. The van der Waals surface area contributed by atoms with Crippen LogP contribution in [0.1, 0.15) is 11.6 Å². The Hall–Kier alpha value is -2.09. The molecule has 0 spiro atoms. The normalized spacial score (nSPS) is 18.6. The van der Waals surface area contributed by atoms with Crippen molar-refractivity contribution in [1.82, 2.24) is 9.62 Å². The zero-order valence-electron chi connectivity index (χ0n) is 13.5. The standard InChI is InChI=1S/C17H17ClN2O4S/c1-24-14-6-2-12(3-7-14)16-17(21)19-10-11-20(16)25(22,23)15-8-4-13(18)5-9-15/h2-9,16H,10-11H2,1H3,(H,19,21). The van der Waals surface area contributed by atoms with Crippen LogP contribution in [0.25, 0.3) is 0 Å². The Labute approximate surface area is 151 Å². The van der Waals surface area contributed by atoms with Crippen LogP contribution < -0.4 is 10.1 Å². The van der Waals surface area contributed by atoms with E-state index in [0.29, 0.717) is 16.3 Å². The van der Waals surface area contributed by atoms with Crippen molar-refractivity contribution in [1.29, 1.82) is 0 Å². The van der Waals surface area contributed by atoms with E-state index in [1.165, 1.54) is 28.6 Å². The van der Waals surface area contributed by atoms with Crippen molar-refractivity contribution in [2.24, 2.45) is 0 Å². The number of methoxy groups -OCH3 is 1. The first kappa shape index (κ1) is 17.7. The van der Waals surface area contributed by atoms with Crippen LogP contribution in [0, 0.1) is 0 Å². The third-order valence-corrected chi connectivity index (χ3v) is 6.15. The largest absolute Gasteiger partial charge is 0.497 e. The summed E-state index contributed by atoms with van der Waals surface area (Å²) >= 11 is 5.84. The highest BCUT2D eigenvalue weighted by molar-refractivity contribution is 7.89. The molecular formula is C17H17ClN2O4S. The monoisotopic (exact) mass is 380 g/mol. The number of nitrogens with zero attached hydrogens (tertiary/aromatic N) is 1. The average Bonchev–Trinajstić information content (AvgIpc) is 2.62. The summed E-state index contributed by atoms with van der Waals surface area (Å²) in [7, 11) is -2.30. The highest BCUT2D eigenvalue weighted by Gasteiger charge is 2.39. The van der Waals surface area contributed by atoms with Gasteiger partial charge in [0.1, 0.15) is 11.8 Å². The molecule has 2 aromatic carbocycles. The summed E-state index contributed by atoms with van der Waals surface area (Å²) in [6, 6.07) is 11.8. The molecule has 0 radical (unpaired) electrons. The van der Waals surface area contributed by atoms with Gasteiger partial charge in [0, 0.05) is 18.1 Å². The summed E-state index contributed by atoms with van der Waals surface area (Å²) in [6.07, 6.45) is 0. The molecule has 1 N–H and O–H groups in total. The second kappa shape index (κ2) is 7.03. The van der Waals surface area contributed by atoms with Crippen LogP contribution in [0.15, 0.2) is 53.4 Å². The Morgan fingerprint density at radius 2 is 1.76 bits per heavy atom. The molecule has 25 heavy (non-hydrogen) atoms. The summed E-state index contributed by atoms with van der Waals surface area (Å²) in [5.74, 6) is 0.279. The molecule has 0 aliphatic carbocycles. The molecule has 1 atom stereocenters. The fourth-order valence-corrected chi connectivity index (χ4v) is 4.45. The molecule has 1 saturated heterocycles. The molecule has 0 aromatic heterocycles. The number of nitrogens with one attached hydrogen (secondary N) is 1. The molecule has 0 bridgehead atoms. The van der Waals surface area contributed by atoms with Gasteiger partial charge in [-0.15, -0.1) is 0 Å². The molecule has 0 saturated carbocycles. The number of carbonyl (C=O) groups excluding carboxylic acids is 1. The lowest BCUT2D eigenvalue weighted by Gasteiger charge is -2.34. The zero-order valence-corrected chi connectivity index (χ0v) is 15.0. The van der Waals surface area contributed by atoms with Crippen LogP contribution in [0.2, 0.25) is 5.02 Å². The van der Waals surface area contributed by atoms with E-state index in [2.05, 4.69) is 5.32 Å². The number of sulfonamides is 1. The number of piperazine rings is 1. The lowest BCUT2D eigenvalue weighted by molar-refractivity contribution is -0.126. The third-order valence-electron chi connectivity index (χ3n) is 4.02. The molecule has 1 fully saturated rings. The van der Waals surface area contributed by atoms with Gasteiger partial charge in [-0.25, -0.2) is 8.42 Å². The highest BCUT2D eigenvalue weighted by Crippen LogP contribution is 2.31. The fourth-order valence-electron chi connectivity index (χ4n) is 2.75. The summed E-state index contributed by atoms with van der Waals surface area (Å²) < 4.78 is 32.4. The van der Waals surface area contributed by atoms with E-state index in [-0.39, 0.29) is 23.9 Å². The quantitative estimate of drug-likeness (QED) is 0.882. The number of benzene rings is 2. The average molecular weight is 381 g/mol. The van der Waals surface area contributed by atoms with E-state index in [1.54, 1.807) is 31.4 Å². The van der Waals surface area contributed by atoms with E-state index >= 15 is 0 Å². The van der Waals surface area contributed by atoms with E-state index in [4.69, 9.17) is 16.3 Å². The van der Waals surface area contributed by atoms with Gasteiger partial charge in [-0.05, 0) is 42.0 Å². The summed E-state index contributed by atoms with van der Waals surface area (Å²) in [5, 5.41) is 3.17. The molecule has 2 aromatic rings. The van der Waals surface area contributed by atoms with E-state index in [9.17, 15) is 13.2 Å². The number of carbonyl (C=O) groups is 1. The molecule has 1 heterocycles. The Bertz CT molecular complexity index is 867. The summed E-state index contributed by atoms with van der Waals surface area (Å²) in [5.41, 5.74) is 0.579. The molecule has 1 unspecified atom stereocenters. The second-order valence-corrected chi connectivity index (χ2v) is 7.86. The summed E-state index contributed by atoms with van der Waals surface area (Å²) in [4.78, 5) is 12.5. The lowest BCUT2D eigenvalue weighted by atomic mass is 10.0. The first-order valence-corrected chi connectivity index (χ1v) is 9.44. The predicted molar refractivity (Wildman–Crippen MR) is 94.1 cm³/mol. The van der Waals surface area contributed by atoms with Crippen molar-refractivity contribution in [3.05, 3.63) is 59.1 Å². The number of hydrogen-bond donors (Lipinski definition) is 1. The fraction of sp³-hybridized carbons (Fsp3) is 0.235. The van der Waals surface area contributed by atoms with Gasteiger partial charge in [0.05, 0.1) is 12.0 Å². The summed E-state index contributed by atoms with van der Waals surface area (Å²) in [6.45, 7) is 0.450. The maximum absolute atomic E-state index is 13.0. The molecule has 1 aliphatic rings. The van der Waals surface area contributed by atoms with Crippen molar-refractivity contribution in [2.45, 2.75) is 10.9 Å². The molecule has 1 aliphatic heterocycles. The topological polar surface area (TPSA) is 75.7 Å². The van der Waals surface area contributed by atoms with Crippen molar-refractivity contribution in [3.8, 4) is 5.75 Å². The van der Waals surface area contributed by atoms with Gasteiger partial charge in [-0.1, -0.05) is 23.7 Å². The third kappa shape index (κ3) is 3.49.